The molecule has 1 N–H and O–H groups in total. The van der Waals surface area contributed by atoms with Gasteiger partial charge >= 0.3 is 5.97 Å². The number of aryl methyl sites for hydroxylation is 2. The lowest BCUT2D eigenvalue weighted by molar-refractivity contribution is -0.150. The maximum absolute atomic E-state index is 13.0. The predicted molar refractivity (Wildman–Crippen MR) is 130 cm³/mol. The molecule has 2 heterocycles. The Morgan fingerprint density at radius 2 is 1.94 bits per heavy atom. The van der Waals surface area contributed by atoms with Crippen molar-refractivity contribution in [3.05, 3.63) is 64.5 Å². The molecule has 2 aromatic carbocycles. The van der Waals surface area contributed by atoms with E-state index in [0.717, 1.165) is 26.1 Å². The maximum Gasteiger partial charge on any atom is 0.324 e. The van der Waals surface area contributed by atoms with Crippen LogP contribution in [-0.4, -0.2) is 48.8 Å². The van der Waals surface area contributed by atoms with E-state index in [1.165, 1.54) is 12.1 Å². The number of sulfonamides is 1. The summed E-state index contributed by atoms with van der Waals surface area (Å²) in [6.07, 6.45) is 0.889. The SMILES string of the molecule is Cc1ccc(S(=O)(=O)N2CCC[C@H]2C(=O)OCC(=O)Nc2cccc(-c3csc(C)n3)c2)cc1. The van der Waals surface area contributed by atoms with Gasteiger partial charge in [0.15, 0.2) is 6.61 Å². The van der Waals surface area contributed by atoms with Crippen molar-refractivity contribution < 1.29 is 22.7 Å². The number of anilines is 1. The van der Waals surface area contributed by atoms with Crippen molar-refractivity contribution in [3.63, 3.8) is 0 Å². The number of aromatic nitrogens is 1. The van der Waals surface area contributed by atoms with Crippen molar-refractivity contribution in [1.29, 1.82) is 0 Å². The minimum atomic E-state index is -3.84. The van der Waals surface area contributed by atoms with E-state index in [2.05, 4.69) is 10.3 Å². The first-order valence-corrected chi connectivity index (χ1v) is 13.1. The summed E-state index contributed by atoms with van der Waals surface area (Å²) in [5.74, 6) is -1.24. The lowest BCUT2D eigenvalue weighted by Gasteiger charge is -2.22. The normalized spacial score (nSPS) is 16.4. The smallest absolute Gasteiger partial charge is 0.324 e. The number of carbonyl (C=O) groups excluding carboxylic acids is 2. The molecular formula is C24H25N3O5S2. The van der Waals surface area contributed by atoms with Gasteiger partial charge in [-0.3, -0.25) is 9.59 Å². The Kier molecular flexibility index (Phi) is 7.11. The minimum Gasteiger partial charge on any atom is -0.454 e. The van der Waals surface area contributed by atoms with Gasteiger partial charge in [0.25, 0.3) is 5.91 Å². The lowest BCUT2D eigenvalue weighted by Crippen LogP contribution is -2.42. The van der Waals surface area contributed by atoms with Gasteiger partial charge in [0, 0.05) is 23.2 Å². The zero-order valence-electron chi connectivity index (χ0n) is 18.9. The second kappa shape index (κ2) is 10.0. The molecule has 34 heavy (non-hydrogen) atoms. The predicted octanol–water partition coefficient (Wildman–Crippen LogP) is 3.76. The highest BCUT2D eigenvalue weighted by Crippen LogP contribution is 2.27. The number of carbonyl (C=O) groups is 2. The summed E-state index contributed by atoms with van der Waals surface area (Å²) < 4.78 is 32.4. The molecular weight excluding hydrogens is 474 g/mol. The number of nitrogens with zero attached hydrogens (tertiary/aromatic N) is 2. The Hall–Kier alpha value is -3.08. The second-order valence-electron chi connectivity index (χ2n) is 8.08. The zero-order valence-corrected chi connectivity index (χ0v) is 20.5. The summed E-state index contributed by atoms with van der Waals surface area (Å²) in [5, 5.41) is 5.59. The van der Waals surface area contributed by atoms with Gasteiger partial charge in [-0.05, 0) is 51.0 Å². The molecule has 0 radical (unpaired) electrons. The van der Waals surface area contributed by atoms with Crippen molar-refractivity contribution in [2.24, 2.45) is 0 Å². The van der Waals surface area contributed by atoms with Crippen LogP contribution in [0.15, 0.2) is 58.8 Å². The van der Waals surface area contributed by atoms with Crippen LogP contribution in [0.5, 0.6) is 0 Å². The van der Waals surface area contributed by atoms with Gasteiger partial charge in [0.05, 0.1) is 15.6 Å². The highest BCUT2D eigenvalue weighted by atomic mass is 32.2. The van der Waals surface area contributed by atoms with E-state index >= 15 is 0 Å². The van der Waals surface area contributed by atoms with Gasteiger partial charge in [0.1, 0.15) is 6.04 Å². The van der Waals surface area contributed by atoms with E-state index in [0.29, 0.717) is 18.5 Å². The Bertz CT molecular complexity index is 1300. The van der Waals surface area contributed by atoms with Crippen molar-refractivity contribution in [2.75, 3.05) is 18.5 Å². The first kappa shape index (κ1) is 24.1. The third-order valence-electron chi connectivity index (χ3n) is 5.51. The summed E-state index contributed by atoms with van der Waals surface area (Å²) in [6.45, 7) is 3.51. The van der Waals surface area contributed by atoms with Crippen LogP contribution in [0.4, 0.5) is 5.69 Å². The van der Waals surface area contributed by atoms with Crippen LogP contribution in [0.25, 0.3) is 11.3 Å². The van der Waals surface area contributed by atoms with Gasteiger partial charge in [0.2, 0.25) is 10.0 Å². The maximum atomic E-state index is 13.0. The van der Waals surface area contributed by atoms with E-state index in [9.17, 15) is 18.0 Å². The first-order chi connectivity index (χ1) is 16.2. The molecule has 0 unspecified atom stereocenters. The number of hydrogen-bond acceptors (Lipinski definition) is 7. The van der Waals surface area contributed by atoms with E-state index < -0.39 is 34.5 Å². The fourth-order valence-electron chi connectivity index (χ4n) is 3.79. The van der Waals surface area contributed by atoms with Crippen LogP contribution in [0.1, 0.15) is 23.4 Å². The summed E-state index contributed by atoms with van der Waals surface area (Å²) in [4.78, 5) is 29.6. The average molecular weight is 500 g/mol. The standard InChI is InChI=1S/C24H25N3O5S2/c1-16-8-10-20(11-9-16)34(30,31)27-12-4-7-22(27)24(29)32-14-23(28)26-19-6-3-5-18(13-19)21-15-33-17(2)25-21/h3,5-6,8-11,13,15,22H,4,7,12,14H2,1-2H3,(H,26,28)/t22-/m0/s1. The Morgan fingerprint density at radius 1 is 1.18 bits per heavy atom. The molecule has 3 aromatic rings. The molecule has 1 amide bonds. The number of benzene rings is 2. The van der Waals surface area contributed by atoms with Crippen LogP contribution >= 0.6 is 11.3 Å². The summed E-state index contributed by atoms with van der Waals surface area (Å²) in [5.41, 5.74) is 3.17. The average Bonchev–Trinajstić information content (AvgIpc) is 3.48. The van der Waals surface area contributed by atoms with Gasteiger partial charge in [-0.1, -0.05) is 29.8 Å². The van der Waals surface area contributed by atoms with E-state index in [-0.39, 0.29) is 11.4 Å². The topological polar surface area (TPSA) is 106 Å². The van der Waals surface area contributed by atoms with Crippen molar-refractivity contribution in [2.45, 2.75) is 37.6 Å². The monoisotopic (exact) mass is 499 g/mol. The Labute approximate surface area is 202 Å². The summed E-state index contributed by atoms with van der Waals surface area (Å²) in [7, 11) is -3.84. The largest absolute Gasteiger partial charge is 0.454 e. The number of ether oxygens (including phenoxy) is 1. The van der Waals surface area contributed by atoms with E-state index in [1.807, 2.05) is 25.3 Å². The molecule has 1 atom stereocenters. The molecule has 4 rings (SSSR count). The number of esters is 1. The number of amides is 1. The van der Waals surface area contributed by atoms with Crippen molar-refractivity contribution in [3.8, 4) is 11.3 Å². The third-order valence-corrected chi connectivity index (χ3v) is 8.21. The fourth-order valence-corrected chi connectivity index (χ4v) is 6.06. The van der Waals surface area contributed by atoms with Gasteiger partial charge in [-0.25, -0.2) is 13.4 Å². The van der Waals surface area contributed by atoms with Crippen molar-refractivity contribution in [1.82, 2.24) is 9.29 Å². The molecule has 1 aliphatic heterocycles. The quantitative estimate of drug-likeness (QED) is 0.496. The highest BCUT2D eigenvalue weighted by molar-refractivity contribution is 7.89. The molecule has 0 saturated carbocycles. The van der Waals surface area contributed by atoms with E-state index in [4.69, 9.17) is 4.74 Å². The van der Waals surface area contributed by atoms with E-state index in [1.54, 1.807) is 41.7 Å². The number of rotatable bonds is 7. The highest BCUT2D eigenvalue weighted by Gasteiger charge is 2.40. The number of hydrogen-bond donors (Lipinski definition) is 1. The molecule has 10 heteroatoms. The molecule has 0 bridgehead atoms. The molecule has 8 nitrogen and oxygen atoms in total. The molecule has 1 aromatic heterocycles. The second-order valence-corrected chi connectivity index (χ2v) is 11.0. The zero-order chi connectivity index (χ0) is 24.3. The summed E-state index contributed by atoms with van der Waals surface area (Å²) in [6, 6.07) is 12.8. The van der Waals surface area contributed by atoms with Gasteiger partial charge in [-0.15, -0.1) is 11.3 Å². The third kappa shape index (κ3) is 5.35. The minimum absolute atomic E-state index is 0.130. The van der Waals surface area contributed by atoms with Gasteiger partial charge < -0.3 is 10.1 Å². The Morgan fingerprint density at radius 3 is 2.65 bits per heavy atom. The number of nitrogens with one attached hydrogen (secondary N) is 1. The summed E-state index contributed by atoms with van der Waals surface area (Å²) >= 11 is 1.54. The van der Waals surface area contributed by atoms with Crippen molar-refractivity contribution >= 4 is 38.9 Å². The molecule has 1 fully saturated rings. The lowest BCUT2D eigenvalue weighted by atomic mass is 10.1. The van der Waals surface area contributed by atoms with Crippen LogP contribution in [0.3, 0.4) is 0 Å². The van der Waals surface area contributed by atoms with Crippen LogP contribution in [0.2, 0.25) is 0 Å². The molecule has 0 spiro atoms. The molecule has 1 saturated heterocycles. The Balaban J connectivity index is 1.36. The fraction of sp³-hybridized carbons (Fsp3) is 0.292. The van der Waals surface area contributed by atoms with Crippen LogP contribution in [-0.2, 0) is 24.3 Å². The molecule has 0 aliphatic carbocycles. The molecule has 1 aliphatic rings. The van der Waals surface area contributed by atoms with Crippen LogP contribution in [0, 0.1) is 13.8 Å². The van der Waals surface area contributed by atoms with Crippen LogP contribution < -0.4 is 5.32 Å². The first-order valence-electron chi connectivity index (χ1n) is 10.8. The van der Waals surface area contributed by atoms with Gasteiger partial charge in [-0.2, -0.15) is 4.31 Å². The molecule has 178 valence electrons. The number of thiazole rings is 1.